The lowest BCUT2D eigenvalue weighted by Crippen LogP contribution is -2.32. The summed E-state index contributed by atoms with van der Waals surface area (Å²) in [5, 5.41) is 6.53. The minimum absolute atomic E-state index is 0.127. The zero-order valence-electron chi connectivity index (χ0n) is 13.4. The first-order valence-corrected chi connectivity index (χ1v) is 8.19. The lowest BCUT2D eigenvalue weighted by atomic mass is 10.0. The van der Waals surface area contributed by atoms with Gasteiger partial charge in [-0.15, -0.1) is 0 Å². The van der Waals surface area contributed by atoms with Gasteiger partial charge in [0.15, 0.2) is 0 Å². The molecule has 1 atom stereocenters. The van der Waals surface area contributed by atoms with Crippen molar-refractivity contribution in [1.82, 2.24) is 15.3 Å². The summed E-state index contributed by atoms with van der Waals surface area (Å²) in [6.07, 6.45) is 6.59. The van der Waals surface area contributed by atoms with E-state index in [1.54, 1.807) is 24.7 Å². The quantitative estimate of drug-likeness (QED) is 0.713. The maximum atomic E-state index is 12.2. The first kappa shape index (κ1) is 17.1. The van der Waals surface area contributed by atoms with Crippen LogP contribution in [0, 0.1) is 0 Å². The van der Waals surface area contributed by atoms with Gasteiger partial charge in [0.25, 0.3) is 0 Å². The van der Waals surface area contributed by atoms with Crippen molar-refractivity contribution in [2.24, 2.45) is 0 Å². The molecule has 0 radical (unpaired) electrons. The van der Waals surface area contributed by atoms with Crippen LogP contribution in [-0.2, 0) is 4.79 Å². The van der Waals surface area contributed by atoms with Gasteiger partial charge in [-0.1, -0.05) is 48.0 Å². The SMILES string of the molecule is O=C(CNC(c1ccccc1)c1cccnc1)Nc1cncc(Cl)c1. The number of aromatic nitrogens is 2. The second-order valence-corrected chi connectivity index (χ2v) is 5.89. The first-order valence-electron chi connectivity index (χ1n) is 7.81. The molecule has 1 amide bonds. The van der Waals surface area contributed by atoms with Crippen molar-refractivity contribution in [3.8, 4) is 0 Å². The summed E-state index contributed by atoms with van der Waals surface area (Å²) in [7, 11) is 0. The van der Waals surface area contributed by atoms with E-state index in [-0.39, 0.29) is 18.5 Å². The highest BCUT2D eigenvalue weighted by molar-refractivity contribution is 6.30. The van der Waals surface area contributed by atoms with Gasteiger partial charge in [-0.3, -0.25) is 20.1 Å². The van der Waals surface area contributed by atoms with Crippen LogP contribution in [0.4, 0.5) is 5.69 Å². The standard InChI is InChI=1S/C19H17ClN4O/c20-16-9-17(12-22-11-16)24-18(25)13-23-19(14-5-2-1-3-6-14)15-7-4-8-21-10-15/h1-12,19,23H,13H2,(H,24,25). The minimum Gasteiger partial charge on any atom is -0.324 e. The molecule has 0 bridgehead atoms. The van der Waals surface area contributed by atoms with E-state index in [1.807, 2.05) is 42.5 Å². The molecule has 2 heterocycles. The maximum Gasteiger partial charge on any atom is 0.238 e. The summed E-state index contributed by atoms with van der Waals surface area (Å²) in [5.41, 5.74) is 2.62. The summed E-state index contributed by atoms with van der Waals surface area (Å²) in [5.74, 6) is -0.172. The van der Waals surface area contributed by atoms with E-state index in [1.165, 1.54) is 6.20 Å². The maximum absolute atomic E-state index is 12.2. The van der Waals surface area contributed by atoms with Gasteiger partial charge in [0.1, 0.15) is 0 Å². The molecule has 1 aromatic carbocycles. The Bertz CT molecular complexity index is 788. The molecule has 0 saturated carbocycles. The number of carbonyl (C=O) groups is 1. The van der Waals surface area contributed by atoms with E-state index in [0.29, 0.717) is 10.7 Å². The third-order valence-electron chi connectivity index (χ3n) is 3.61. The number of carbonyl (C=O) groups excluding carboxylic acids is 1. The van der Waals surface area contributed by atoms with Gasteiger partial charge in [0.2, 0.25) is 5.91 Å². The molecule has 3 rings (SSSR count). The highest BCUT2D eigenvalue weighted by Crippen LogP contribution is 2.21. The molecule has 3 aromatic rings. The first-order chi connectivity index (χ1) is 12.2. The predicted octanol–water partition coefficient (Wildman–Crippen LogP) is 3.45. The lowest BCUT2D eigenvalue weighted by molar-refractivity contribution is -0.115. The van der Waals surface area contributed by atoms with E-state index >= 15 is 0 Å². The van der Waals surface area contributed by atoms with Crippen LogP contribution in [-0.4, -0.2) is 22.4 Å². The zero-order chi connectivity index (χ0) is 17.5. The van der Waals surface area contributed by atoms with Crippen LogP contribution in [0.15, 0.2) is 73.3 Å². The Balaban J connectivity index is 1.70. The van der Waals surface area contributed by atoms with Crippen molar-refractivity contribution in [3.63, 3.8) is 0 Å². The van der Waals surface area contributed by atoms with Crippen LogP contribution < -0.4 is 10.6 Å². The van der Waals surface area contributed by atoms with Crippen LogP contribution in [0.1, 0.15) is 17.2 Å². The fraction of sp³-hybridized carbons (Fsp3) is 0.105. The van der Waals surface area contributed by atoms with E-state index in [4.69, 9.17) is 11.6 Å². The Morgan fingerprint density at radius 2 is 1.80 bits per heavy atom. The number of pyridine rings is 2. The molecule has 0 aliphatic heterocycles. The molecule has 0 spiro atoms. The molecular weight excluding hydrogens is 336 g/mol. The number of nitrogens with zero attached hydrogens (tertiary/aromatic N) is 2. The molecule has 0 saturated heterocycles. The summed E-state index contributed by atoms with van der Waals surface area (Å²) in [4.78, 5) is 20.4. The molecule has 0 aliphatic rings. The normalized spacial score (nSPS) is 11.7. The van der Waals surface area contributed by atoms with Crippen molar-refractivity contribution in [3.05, 3.63) is 89.5 Å². The molecule has 1 unspecified atom stereocenters. The second-order valence-electron chi connectivity index (χ2n) is 5.45. The number of halogens is 1. The predicted molar refractivity (Wildman–Crippen MR) is 98.4 cm³/mol. The zero-order valence-corrected chi connectivity index (χ0v) is 14.1. The highest BCUT2D eigenvalue weighted by Gasteiger charge is 2.15. The second kappa shape index (κ2) is 8.37. The smallest absolute Gasteiger partial charge is 0.238 e. The summed E-state index contributed by atoms with van der Waals surface area (Å²) < 4.78 is 0. The van der Waals surface area contributed by atoms with Crippen molar-refractivity contribution in [2.45, 2.75) is 6.04 Å². The average Bonchev–Trinajstić information content (AvgIpc) is 2.64. The molecule has 2 N–H and O–H groups in total. The third-order valence-corrected chi connectivity index (χ3v) is 3.81. The highest BCUT2D eigenvalue weighted by atomic mass is 35.5. The topological polar surface area (TPSA) is 66.9 Å². The van der Waals surface area contributed by atoms with Crippen molar-refractivity contribution in [2.75, 3.05) is 11.9 Å². The van der Waals surface area contributed by atoms with E-state index in [2.05, 4.69) is 20.6 Å². The molecular formula is C19H17ClN4O. The van der Waals surface area contributed by atoms with Crippen LogP contribution in [0.2, 0.25) is 5.02 Å². The number of amides is 1. The van der Waals surface area contributed by atoms with Crippen LogP contribution in [0.25, 0.3) is 0 Å². The van der Waals surface area contributed by atoms with Gasteiger partial charge in [-0.05, 0) is 23.3 Å². The van der Waals surface area contributed by atoms with Crippen LogP contribution in [0.5, 0.6) is 0 Å². The Morgan fingerprint density at radius 1 is 1.00 bits per heavy atom. The number of nitrogens with one attached hydrogen (secondary N) is 2. The Morgan fingerprint density at radius 3 is 2.52 bits per heavy atom. The molecule has 5 nitrogen and oxygen atoms in total. The van der Waals surface area contributed by atoms with Gasteiger partial charge in [0.05, 0.1) is 29.5 Å². The summed E-state index contributed by atoms with van der Waals surface area (Å²) in [6, 6.07) is 15.3. The number of hydrogen-bond acceptors (Lipinski definition) is 4. The van der Waals surface area contributed by atoms with Gasteiger partial charge in [0, 0.05) is 18.6 Å². The van der Waals surface area contributed by atoms with Gasteiger partial charge in [-0.2, -0.15) is 0 Å². The number of anilines is 1. The number of hydrogen-bond donors (Lipinski definition) is 2. The van der Waals surface area contributed by atoms with Gasteiger partial charge < -0.3 is 5.32 Å². The minimum atomic E-state index is -0.172. The Kier molecular flexibility index (Phi) is 5.72. The monoisotopic (exact) mass is 352 g/mol. The average molecular weight is 353 g/mol. The molecule has 0 fully saturated rings. The van der Waals surface area contributed by atoms with E-state index in [0.717, 1.165) is 11.1 Å². The van der Waals surface area contributed by atoms with Gasteiger partial charge >= 0.3 is 0 Å². The largest absolute Gasteiger partial charge is 0.324 e. The lowest BCUT2D eigenvalue weighted by Gasteiger charge is -2.19. The van der Waals surface area contributed by atoms with Crippen LogP contribution >= 0.6 is 11.6 Å². The summed E-state index contributed by atoms with van der Waals surface area (Å²) in [6.45, 7) is 0.140. The van der Waals surface area contributed by atoms with E-state index < -0.39 is 0 Å². The molecule has 2 aromatic heterocycles. The van der Waals surface area contributed by atoms with Crippen molar-refractivity contribution in [1.29, 1.82) is 0 Å². The fourth-order valence-electron chi connectivity index (χ4n) is 2.50. The Hall–Kier alpha value is -2.76. The fourth-order valence-corrected chi connectivity index (χ4v) is 2.67. The van der Waals surface area contributed by atoms with Gasteiger partial charge in [-0.25, -0.2) is 0 Å². The van der Waals surface area contributed by atoms with E-state index in [9.17, 15) is 4.79 Å². The third kappa shape index (κ3) is 4.86. The molecule has 6 heteroatoms. The number of benzene rings is 1. The Labute approximate surface area is 151 Å². The summed E-state index contributed by atoms with van der Waals surface area (Å²) >= 11 is 5.88. The van der Waals surface area contributed by atoms with Crippen molar-refractivity contribution < 1.29 is 4.79 Å². The molecule has 126 valence electrons. The van der Waals surface area contributed by atoms with Crippen LogP contribution in [0.3, 0.4) is 0 Å². The van der Waals surface area contributed by atoms with Crippen molar-refractivity contribution >= 4 is 23.2 Å². The molecule has 0 aliphatic carbocycles. The molecule has 25 heavy (non-hydrogen) atoms. The number of rotatable bonds is 6.